The Morgan fingerprint density at radius 2 is 1.84 bits per heavy atom. The Morgan fingerprint density at radius 3 is 2.50 bits per heavy atom. The number of nitrogens with one attached hydrogen (secondary N) is 3. The number of hydrogen-bond donors (Lipinski definition) is 3. The Labute approximate surface area is 323 Å². The molecule has 7 atom stereocenters. The number of allylic oxidation sites excluding steroid dienone is 1. The minimum Gasteiger partial charge on any atom is -0.471 e. The summed E-state index contributed by atoms with van der Waals surface area (Å²) in [6.45, 7) is 8.44. The van der Waals surface area contributed by atoms with Crippen LogP contribution in [0.5, 0.6) is 5.88 Å². The molecule has 2 aliphatic carbocycles. The quantitative estimate of drug-likeness (QED) is 0.340. The number of aromatic nitrogens is 3. The predicted octanol–water partition coefficient (Wildman–Crippen LogP) is 4.17. The van der Waals surface area contributed by atoms with Gasteiger partial charge in [-0.2, -0.15) is 18.2 Å². The second-order valence-electron chi connectivity index (χ2n) is 16.3. The number of fused-ring (bicyclic) bond motifs is 3. The SMILES string of the molecule is CC[C@@H]1C[C@H](C)CC/C=C\C2C[C@@]2(C(=O)NS(=O)(=O)C2CC2)NC(=O)[C@@H]2C[C@@H](Oc3nc4ncccc4nc3C(F)(F)F)CN2C(=O)[C@H]1NC(=O)OC(C)(C)C. The van der Waals surface area contributed by atoms with Crippen LogP contribution in [0.15, 0.2) is 30.5 Å². The van der Waals surface area contributed by atoms with Gasteiger partial charge in [0, 0.05) is 18.5 Å². The summed E-state index contributed by atoms with van der Waals surface area (Å²) in [6, 6.07) is 0.0721. The zero-order valence-electron chi connectivity index (χ0n) is 31.9. The van der Waals surface area contributed by atoms with Crippen molar-refractivity contribution in [2.24, 2.45) is 17.8 Å². The molecule has 2 aromatic rings. The van der Waals surface area contributed by atoms with Gasteiger partial charge in [-0.3, -0.25) is 19.1 Å². The lowest BCUT2D eigenvalue weighted by atomic mass is 9.85. The molecule has 2 saturated carbocycles. The van der Waals surface area contributed by atoms with Crippen LogP contribution in [0.2, 0.25) is 0 Å². The lowest BCUT2D eigenvalue weighted by Crippen LogP contribution is -2.59. The number of alkyl halides is 3. The number of alkyl carbamates (subject to hydrolysis) is 1. The monoisotopic (exact) mass is 807 g/mol. The number of ether oxygens (including phenoxy) is 2. The van der Waals surface area contributed by atoms with Gasteiger partial charge in [0.05, 0.1) is 11.8 Å². The van der Waals surface area contributed by atoms with Gasteiger partial charge in [0.25, 0.3) is 5.91 Å². The largest absolute Gasteiger partial charge is 0.471 e. The highest BCUT2D eigenvalue weighted by molar-refractivity contribution is 7.91. The van der Waals surface area contributed by atoms with Crippen LogP contribution in [0.1, 0.15) is 91.7 Å². The molecule has 19 heteroatoms. The molecule has 1 saturated heterocycles. The first-order valence-corrected chi connectivity index (χ1v) is 20.5. The highest BCUT2D eigenvalue weighted by Crippen LogP contribution is 2.46. The summed E-state index contributed by atoms with van der Waals surface area (Å²) in [4.78, 5) is 69.0. The molecule has 6 rings (SSSR count). The molecule has 15 nitrogen and oxygen atoms in total. The van der Waals surface area contributed by atoms with Gasteiger partial charge in [-0.05, 0) is 83.3 Å². The zero-order chi connectivity index (χ0) is 40.8. The molecule has 2 aliphatic heterocycles. The molecule has 0 spiro atoms. The van der Waals surface area contributed by atoms with Gasteiger partial charge in [-0.1, -0.05) is 32.4 Å². The lowest BCUT2D eigenvalue weighted by molar-refractivity contribution is -0.143. The number of hydrogen-bond acceptors (Lipinski definition) is 11. The first-order chi connectivity index (χ1) is 26.2. The van der Waals surface area contributed by atoms with E-state index in [0.29, 0.717) is 38.5 Å². The van der Waals surface area contributed by atoms with Crippen molar-refractivity contribution < 1.29 is 50.2 Å². The molecular weight excluding hydrogens is 760 g/mol. The predicted molar refractivity (Wildman–Crippen MR) is 195 cm³/mol. The summed E-state index contributed by atoms with van der Waals surface area (Å²) in [6.07, 6.45) is 0.588. The highest BCUT2D eigenvalue weighted by atomic mass is 32.2. The number of rotatable bonds is 7. The van der Waals surface area contributed by atoms with E-state index in [1.54, 1.807) is 26.8 Å². The average molecular weight is 808 g/mol. The van der Waals surface area contributed by atoms with E-state index < -0.39 is 105 Å². The number of amides is 4. The third kappa shape index (κ3) is 9.18. The van der Waals surface area contributed by atoms with Crippen molar-refractivity contribution in [3.8, 4) is 5.88 Å². The van der Waals surface area contributed by atoms with Gasteiger partial charge in [-0.25, -0.2) is 23.2 Å². The second kappa shape index (κ2) is 15.4. The third-order valence-corrected chi connectivity index (χ3v) is 12.4. The van der Waals surface area contributed by atoms with Crippen molar-refractivity contribution in [2.75, 3.05) is 6.54 Å². The molecule has 2 aromatic heterocycles. The van der Waals surface area contributed by atoms with E-state index in [4.69, 9.17) is 9.47 Å². The van der Waals surface area contributed by atoms with E-state index in [1.807, 2.05) is 19.9 Å². The number of halogens is 3. The van der Waals surface area contributed by atoms with Gasteiger partial charge >= 0.3 is 12.3 Å². The van der Waals surface area contributed by atoms with Crippen LogP contribution in [-0.2, 0) is 35.3 Å². The maximum absolute atomic E-state index is 14.8. The Hall–Kier alpha value is -4.55. The molecule has 3 N–H and O–H groups in total. The molecule has 0 radical (unpaired) electrons. The summed E-state index contributed by atoms with van der Waals surface area (Å²) in [5, 5.41) is 4.73. The van der Waals surface area contributed by atoms with E-state index in [1.165, 1.54) is 18.3 Å². The minimum atomic E-state index is -5.00. The minimum absolute atomic E-state index is 0.0486. The number of pyridine rings is 1. The van der Waals surface area contributed by atoms with Crippen LogP contribution >= 0.6 is 0 Å². The average Bonchev–Trinajstić information content (AvgIpc) is 4.03. The van der Waals surface area contributed by atoms with Crippen LogP contribution in [0, 0.1) is 17.8 Å². The first kappa shape index (κ1) is 41.1. The molecule has 4 heterocycles. The first-order valence-electron chi connectivity index (χ1n) is 18.9. The molecule has 0 bridgehead atoms. The fourth-order valence-electron chi connectivity index (χ4n) is 7.45. The van der Waals surface area contributed by atoms with E-state index in [9.17, 15) is 40.8 Å². The smallest absolute Gasteiger partial charge is 0.438 e. The molecule has 3 fully saturated rings. The summed E-state index contributed by atoms with van der Waals surface area (Å²) >= 11 is 0. The van der Waals surface area contributed by atoms with Gasteiger partial charge in [0.15, 0.2) is 5.65 Å². The van der Waals surface area contributed by atoms with Crippen LogP contribution in [-0.4, -0.2) is 93.2 Å². The van der Waals surface area contributed by atoms with E-state index in [-0.39, 0.29) is 29.9 Å². The van der Waals surface area contributed by atoms with Crippen molar-refractivity contribution in [3.05, 3.63) is 36.2 Å². The third-order valence-electron chi connectivity index (χ3n) is 10.6. The number of carbonyl (C=O) groups is 4. The van der Waals surface area contributed by atoms with Crippen LogP contribution in [0.4, 0.5) is 18.0 Å². The van der Waals surface area contributed by atoms with Crippen molar-refractivity contribution in [2.45, 2.75) is 127 Å². The van der Waals surface area contributed by atoms with Crippen LogP contribution < -0.4 is 20.1 Å². The van der Waals surface area contributed by atoms with E-state index in [0.717, 1.165) is 4.90 Å². The summed E-state index contributed by atoms with van der Waals surface area (Å²) in [5.41, 5.74) is -4.27. The second-order valence-corrected chi connectivity index (χ2v) is 18.2. The van der Waals surface area contributed by atoms with Crippen LogP contribution in [0.3, 0.4) is 0 Å². The zero-order valence-corrected chi connectivity index (χ0v) is 32.7. The van der Waals surface area contributed by atoms with E-state index >= 15 is 0 Å². The normalized spacial score (nSPS) is 29.5. The molecule has 1 unspecified atom stereocenters. The van der Waals surface area contributed by atoms with Crippen molar-refractivity contribution >= 4 is 45.0 Å². The lowest BCUT2D eigenvalue weighted by Gasteiger charge is -2.34. The molecule has 0 aromatic carbocycles. The Kier molecular flexibility index (Phi) is 11.3. The van der Waals surface area contributed by atoms with Gasteiger partial charge < -0.3 is 25.0 Å². The number of sulfonamides is 1. The molecule has 4 amide bonds. The highest BCUT2D eigenvalue weighted by Gasteiger charge is 2.62. The summed E-state index contributed by atoms with van der Waals surface area (Å²) < 4.78 is 82.1. The van der Waals surface area contributed by atoms with Gasteiger partial charge in [-0.15, -0.1) is 0 Å². The molecule has 4 aliphatic rings. The van der Waals surface area contributed by atoms with E-state index in [2.05, 4.69) is 30.3 Å². The number of nitrogens with zero attached hydrogens (tertiary/aromatic N) is 4. The van der Waals surface area contributed by atoms with Crippen molar-refractivity contribution in [3.63, 3.8) is 0 Å². The fourth-order valence-corrected chi connectivity index (χ4v) is 8.82. The molecular formula is C37H48F3N7O8S. The fraction of sp³-hybridized carbons (Fsp3) is 0.649. The Balaban J connectivity index is 1.38. The maximum atomic E-state index is 14.8. The maximum Gasteiger partial charge on any atom is 0.438 e. The molecule has 306 valence electrons. The summed E-state index contributed by atoms with van der Waals surface area (Å²) in [5.74, 6) is -4.35. The topological polar surface area (TPSA) is 199 Å². The molecule has 56 heavy (non-hydrogen) atoms. The standard InChI is InChI=1S/C37H48F3N7O8S/c1-6-21-16-20(2)10-7-8-11-22-18-36(22,33(50)46-56(52,53)24-13-14-24)45-30(48)26-17-23(19-47(26)32(49)27(21)43-34(51)55-35(3,4)5)54-31-28(37(38,39)40)42-25-12-9-15-41-29(25)44-31/h8-9,11-12,15,20-24,26-27H,6-7,10,13-14,16-19H2,1-5H3,(H,43,51)(H,45,48)(H,46,50)/b11-8-/t20-,21-,22?,23-,26+,27+,36-/m1/s1. The Bertz CT molecular complexity index is 2000. The van der Waals surface area contributed by atoms with Gasteiger partial charge in [0.2, 0.25) is 33.4 Å². The number of carbonyl (C=O) groups excluding carboxylic acids is 4. The Morgan fingerprint density at radius 1 is 1.11 bits per heavy atom. The van der Waals surface area contributed by atoms with Crippen LogP contribution in [0.25, 0.3) is 11.2 Å². The van der Waals surface area contributed by atoms with Crippen molar-refractivity contribution in [1.82, 2.24) is 35.2 Å². The summed E-state index contributed by atoms with van der Waals surface area (Å²) in [7, 11) is -4.00. The van der Waals surface area contributed by atoms with Gasteiger partial charge in [0.1, 0.15) is 34.8 Å². The van der Waals surface area contributed by atoms with Crippen molar-refractivity contribution in [1.29, 1.82) is 0 Å².